The van der Waals surface area contributed by atoms with Crippen molar-refractivity contribution in [1.82, 2.24) is 0 Å². The third kappa shape index (κ3) is 4.48. The molecule has 3 N–H and O–H groups in total. The monoisotopic (exact) mass is 456 g/mol. The first kappa shape index (κ1) is 20.6. The van der Waals surface area contributed by atoms with Crippen molar-refractivity contribution in [2.24, 2.45) is 5.14 Å². The summed E-state index contributed by atoms with van der Waals surface area (Å²) in [6.07, 6.45) is 0. The van der Waals surface area contributed by atoms with Gasteiger partial charge in [-0.05, 0) is 47.5 Å². The third-order valence-electron chi connectivity index (χ3n) is 3.84. The Hall–Kier alpha value is -2.10. The van der Waals surface area contributed by atoms with E-state index in [2.05, 4.69) is 4.72 Å². The summed E-state index contributed by atoms with van der Waals surface area (Å²) >= 11 is 11.9. The Morgan fingerprint density at radius 1 is 0.750 bits per heavy atom. The van der Waals surface area contributed by atoms with E-state index in [9.17, 15) is 16.8 Å². The number of halogens is 2. The van der Waals surface area contributed by atoms with E-state index in [-0.39, 0.29) is 15.5 Å². The second kappa shape index (κ2) is 7.73. The number of sulfonamides is 2. The van der Waals surface area contributed by atoms with Gasteiger partial charge in [-0.1, -0.05) is 53.5 Å². The van der Waals surface area contributed by atoms with E-state index in [4.69, 9.17) is 28.3 Å². The Balaban J connectivity index is 2.01. The molecule has 0 aliphatic carbocycles. The van der Waals surface area contributed by atoms with Crippen molar-refractivity contribution in [2.45, 2.75) is 9.79 Å². The molecule has 3 aromatic carbocycles. The zero-order chi connectivity index (χ0) is 20.5. The number of nitrogens with one attached hydrogen (secondary N) is 1. The second-order valence-electron chi connectivity index (χ2n) is 5.80. The van der Waals surface area contributed by atoms with Crippen LogP contribution in [0.3, 0.4) is 0 Å². The predicted octanol–water partition coefficient (Wildman–Crippen LogP) is 4.11. The van der Waals surface area contributed by atoms with Crippen molar-refractivity contribution in [3.8, 4) is 11.1 Å². The standard InChI is InChI=1S/C18H14Cl2N2O4S2/c19-15-9-8-13(11-16(15)20)12-4-3-5-14(10-12)28(25,26)22-17-6-1-2-7-18(17)27(21,23)24/h1-11,22H,(H2,21,23,24). The zero-order valence-corrected chi connectivity index (χ0v) is 17.3. The number of benzene rings is 3. The van der Waals surface area contributed by atoms with Crippen LogP contribution in [0.2, 0.25) is 10.0 Å². The second-order valence-corrected chi connectivity index (χ2v) is 9.83. The number of anilines is 1. The first-order chi connectivity index (χ1) is 13.1. The molecule has 146 valence electrons. The molecule has 0 radical (unpaired) electrons. The lowest BCUT2D eigenvalue weighted by Gasteiger charge is -2.12. The molecular weight excluding hydrogens is 443 g/mol. The highest BCUT2D eigenvalue weighted by molar-refractivity contribution is 7.93. The first-order valence-corrected chi connectivity index (χ1v) is 11.6. The highest BCUT2D eigenvalue weighted by Gasteiger charge is 2.20. The molecule has 3 aromatic rings. The van der Waals surface area contributed by atoms with Crippen LogP contribution < -0.4 is 9.86 Å². The number of nitrogens with two attached hydrogens (primary N) is 1. The molecule has 10 heteroatoms. The molecule has 0 atom stereocenters. The van der Waals surface area contributed by atoms with E-state index < -0.39 is 20.0 Å². The number of primary sulfonamides is 1. The van der Waals surface area contributed by atoms with Crippen molar-refractivity contribution in [1.29, 1.82) is 0 Å². The third-order valence-corrected chi connectivity index (χ3v) is 6.91. The highest BCUT2D eigenvalue weighted by Crippen LogP contribution is 2.30. The van der Waals surface area contributed by atoms with E-state index in [1.807, 2.05) is 0 Å². The van der Waals surface area contributed by atoms with Crippen LogP contribution in [-0.4, -0.2) is 16.8 Å². The lowest BCUT2D eigenvalue weighted by molar-refractivity contribution is 0.598. The average Bonchev–Trinajstić information content (AvgIpc) is 2.63. The summed E-state index contributed by atoms with van der Waals surface area (Å²) in [5, 5.41) is 5.88. The molecule has 0 fully saturated rings. The molecule has 0 saturated heterocycles. The van der Waals surface area contributed by atoms with Gasteiger partial charge in [0.25, 0.3) is 10.0 Å². The summed E-state index contributed by atoms with van der Waals surface area (Å²) in [5.41, 5.74) is 1.14. The van der Waals surface area contributed by atoms with Crippen molar-refractivity contribution in [2.75, 3.05) is 4.72 Å². The highest BCUT2D eigenvalue weighted by atomic mass is 35.5. The summed E-state index contributed by atoms with van der Waals surface area (Å²) in [6.45, 7) is 0. The molecule has 3 rings (SSSR count). The molecule has 0 spiro atoms. The van der Waals surface area contributed by atoms with Crippen LogP contribution in [-0.2, 0) is 20.0 Å². The van der Waals surface area contributed by atoms with E-state index in [0.29, 0.717) is 21.2 Å². The summed E-state index contributed by atoms with van der Waals surface area (Å²) in [6, 6.07) is 16.6. The molecule has 0 bridgehead atoms. The summed E-state index contributed by atoms with van der Waals surface area (Å²) in [7, 11) is -8.18. The Morgan fingerprint density at radius 2 is 1.43 bits per heavy atom. The number of hydrogen-bond acceptors (Lipinski definition) is 4. The van der Waals surface area contributed by atoms with Crippen LogP contribution in [0.1, 0.15) is 0 Å². The van der Waals surface area contributed by atoms with Crippen LogP contribution in [0.4, 0.5) is 5.69 Å². The van der Waals surface area contributed by atoms with Crippen LogP contribution in [0.5, 0.6) is 0 Å². The lowest BCUT2D eigenvalue weighted by atomic mass is 10.1. The summed E-state index contributed by atoms with van der Waals surface area (Å²) in [4.78, 5) is -0.375. The van der Waals surface area contributed by atoms with Crippen LogP contribution in [0.25, 0.3) is 11.1 Å². The zero-order valence-electron chi connectivity index (χ0n) is 14.1. The number of para-hydroxylation sites is 1. The van der Waals surface area contributed by atoms with E-state index in [1.54, 1.807) is 30.3 Å². The van der Waals surface area contributed by atoms with Crippen molar-refractivity contribution in [3.63, 3.8) is 0 Å². The van der Waals surface area contributed by atoms with Gasteiger partial charge in [0.15, 0.2) is 0 Å². The van der Waals surface area contributed by atoms with Crippen molar-refractivity contribution in [3.05, 3.63) is 76.8 Å². The molecule has 0 aliphatic rings. The SMILES string of the molecule is NS(=O)(=O)c1ccccc1NS(=O)(=O)c1cccc(-c2ccc(Cl)c(Cl)c2)c1. The average molecular weight is 457 g/mol. The van der Waals surface area contributed by atoms with Gasteiger partial charge in [-0.3, -0.25) is 4.72 Å². The van der Waals surface area contributed by atoms with Gasteiger partial charge in [0.1, 0.15) is 4.90 Å². The minimum Gasteiger partial charge on any atom is -0.278 e. The summed E-state index contributed by atoms with van der Waals surface area (Å²) < 4.78 is 51.2. The van der Waals surface area contributed by atoms with Crippen LogP contribution in [0, 0.1) is 0 Å². The molecule has 28 heavy (non-hydrogen) atoms. The van der Waals surface area contributed by atoms with Gasteiger partial charge >= 0.3 is 0 Å². The molecule has 6 nitrogen and oxygen atoms in total. The lowest BCUT2D eigenvalue weighted by Crippen LogP contribution is -2.18. The molecule has 0 amide bonds. The van der Waals surface area contributed by atoms with Gasteiger partial charge in [-0.25, -0.2) is 22.0 Å². The van der Waals surface area contributed by atoms with Gasteiger partial charge < -0.3 is 0 Å². The van der Waals surface area contributed by atoms with Crippen LogP contribution in [0.15, 0.2) is 76.5 Å². The molecular formula is C18H14Cl2N2O4S2. The first-order valence-electron chi connectivity index (χ1n) is 7.78. The van der Waals surface area contributed by atoms with Gasteiger partial charge in [0.2, 0.25) is 10.0 Å². The van der Waals surface area contributed by atoms with Crippen LogP contribution >= 0.6 is 23.2 Å². The minimum atomic E-state index is -4.10. The number of rotatable bonds is 5. The van der Waals surface area contributed by atoms with Gasteiger partial charge in [-0.15, -0.1) is 0 Å². The quantitative estimate of drug-likeness (QED) is 0.601. The Morgan fingerprint density at radius 3 is 2.11 bits per heavy atom. The predicted molar refractivity (Wildman–Crippen MR) is 111 cm³/mol. The molecule has 0 saturated carbocycles. The maximum atomic E-state index is 12.8. The maximum Gasteiger partial charge on any atom is 0.261 e. The Labute approximate surface area is 173 Å². The van der Waals surface area contributed by atoms with E-state index >= 15 is 0 Å². The number of hydrogen-bond donors (Lipinski definition) is 2. The fourth-order valence-electron chi connectivity index (χ4n) is 2.52. The van der Waals surface area contributed by atoms with E-state index in [0.717, 1.165) is 0 Å². The maximum absolute atomic E-state index is 12.8. The molecule has 0 aromatic heterocycles. The van der Waals surface area contributed by atoms with Crippen molar-refractivity contribution >= 4 is 48.9 Å². The largest absolute Gasteiger partial charge is 0.278 e. The summed E-state index contributed by atoms with van der Waals surface area (Å²) in [5.74, 6) is 0. The molecule has 0 aliphatic heterocycles. The van der Waals surface area contributed by atoms with Gasteiger partial charge in [-0.2, -0.15) is 0 Å². The van der Waals surface area contributed by atoms with E-state index in [1.165, 1.54) is 36.4 Å². The Bertz CT molecular complexity index is 1260. The fraction of sp³-hybridized carbons (Fsp3) is 0. The molecule has 0 unspecified atom stereocenters. The van der Waals surface area contributed by atoms with Gasteiger partial charge in [0.05, 0.1) is 20.6 Å². The smallest absolute Gasteiger partial charge is 0.261 e. The normalized spacial score (nSPS) is 12.0. The molecule has 0 heterocycles. The van der Waals surface area contributed by atoms with Gasteiger partial charge in [0, 0.05) is 0 Å². The fourth-order valence-corrected chi connectivity index (χ4v) is 4.70. The Kier molecular flexibility index (Phi) is 5.69. The van der Waals surface area contributed by atoms with Crippen molar-refractivity contribution < 1.29 is 16.8 Å². The topological polar surface area (TPSA) is 106 Å². The minimum absolute atomic E-state index is 0.0553.